The van der Waals surface area contributed by atoms with E-state index >= 15 is 0 Å². The second kappa shape index (κ2) is 12.9. The maximum absolute atomic E-state index is 5.79. The van der Waals surface area contributed by atoms with Crippen molar-refractivity contribution in [3.8, 4) is 0 Å². The lowest BCUT2D eigenvalue weighted by Gasteiger charge is -2.12. The highest BCUT2D eigenvalue weighted by Crippen LogP contribution is 2.06. The van der Waals surface area contributed by atoms with Crippen LogP contribution in [0.1, 0.15) is 23.6 Å². The van der Waals surface area contributed by atoms with Gasteiger partial charge in [0.2, 0.25) is 0 Å². The van der Waals surface area contributed by atoms with Crippen molar-refractivity contribution in [3.05, 3.63) is 64.4 Å². The third-order valence-electron chi connectivity index (χ3n) is 3.67. The van der Waals surface area contributed by atoms with Crippen LogP contribution in [0.3, 0.4) is 0 Å². The number of ether oxygens (including phenoxy) is 1. The second-order valence-electron chi connectivity index (χ2n) is 5.55. The van der Waals surface area contributed by atoms with Crippen LogP contribution in [0.5, 0.6) is 0 Å². The number of aromatic nitrogens is 1. The van der Waals surface area contributed by atoms with Gasteiger partial charge in [0.25, 0.3) is 0 Å². The average molecular weight is 489 g/mol. The van der Waals surface area contributed by atoms with Crippen LogP contribution in [-0.4, -0.2) is 31.1 Å². The molecule has 1 aromatic heterocycles. The summed E-state index contributed by atoms with van der Waals surface area (Å²) in [5, 5.41) is 7.13. The quantitative estimate of drug-likeness (QED) is 0.257. The minimum absolute atomic E-state index is 0. The standard InChI is InChI=1S/C19H25ClN4O.HI/c1-3-25-14-17-6-4-15(5-7-17)13-24-19(21-2)22-11-10-16-8-9-18(20)23-12-16;/h4-9,12H,3,10-11,13-14H2,1-2H3,(H2,21,22,24);1H. The Hall–Kier alpha value is -1.38. The Morgan fingerprint density at radius 1 is 1.08 bits per heavy atom. The zero-order chi connectivity index (χ0) is 17.9. The highest BCUT2D eigenvalue weighted by atomic mass is 127. The van der Waals surface area contributed by atoms with Crippen LogP contribution in [0.2, 0.25) is 5.15 Å². The molecule has 2 N–H and O–H groups in total. The lowest BCUT2D eigenvalue weighted by Crippen LogP contribution is -2.37. The Morgan fingerprint density at radius 2 is 1.77 bits per heavy atom. The first-order valence-electron chi connectivity index (χ1n) is 8.41. The minimum Gasteiger partial charge on any atom is -0.377 e. The van der Waals surface area contributed by atoms with Crippen LogP contribution in [0.4, 0.5) is 0 Å². The number of halogens is 2. The van der Waals surface area contributed by atoms with Crippen LogP contribution < -0.4 is 10.6 Å². The lowest BCUT2D eigenvalue weighted by atomic mass is 10.1. The Kier molecular flexibility index (Phi) is 11.2. The molecule has 0 saturated carbocycles. The molecule has 0 aliphatic heterocycles. The van der Waals surface area contributed by atoms with Crippen molar-refractivity contribution in [2.24, 2.45) is 4.99 Å². The van der Waals surface area contributed by atoms with Crippen LogP contribution in [-0.2, 0) is 24.3 Å². The van der Waals surface area contributed by atoms with Crippen molar-refractivity contribution >= 4 is 41.5 Å². The van der Waals surface area contributed by atoms with E-state index in [0.717, 1.165) is 37.6 Å². The van der Waals surface area contributed by atoms with E-state index in [9.17, 15) is 0 Å². The van der Waals surface area contributed by atoms with Crippen molar-refractivity contribution in [2.45, 2.75) is 26.5 Å². The van der Waals surface area contributed by atoms with Crippen molar-refractivity contribution in [3.63, 3.8) is 0 Å². The van der Waals surface area contributed by atoms with E-state index in [2.05, 4.69) is 44.9 Å². The van der Waals surface area contributed by atoms with Crippen LogP contribution in [0.25, 0.3) is 0 Å². The monoisotopic (exact) mass is 488 g/mol. The zero-order valence-electron chi connectivity index (χ0n) is 15.2. The molecule has 0 atom stereocenters. The fourth-order valence-electron chi connectivity index (χ4n) is 2.26. The highest BCUT2D eigenvalue weighted by Gasteiger charge is 2.00. The summed E-state index contributed by atoms with van der Waals surface area (Å²) in [5.74, 6) is 0.778. The van der Waals surface area contributed by atoms with E-state index in [4.69, 9.17) is 16.3 Å². The smallest absolute Gasteiger partial charge is 0.191 e. The Balaban J connectivity index is 0.00000338. The molecule has 0 bridgehead atoms. The SMILES string of the molecule is CCOCc1ccc(CNC(=NC)NCCc2ccc(Cl)nc2)cc1.I. The lowest BCUT2D eigenvalue weighted by molar-refractivity contribution is 0.134. The number of hydrogen-bond donors (Lipinski definition) is 2. The van der Waals surface area contributed by atoms with Gasteiger partial charge in [0.05, 0.1) is 6.61 Å². The fraction of sp³-hybridized carbons (Fsp3) is 0.368. The Morgan fingerprint density at radius 3 is 2.38 bits per heavy atom. The van der Waals surface area contributed by atoms with E-state index in [1.165, 1.54) is 11.1 Å². The van der Waals surface area contributed by atoms with Gasteiger partial charge < -0.3 is 15.4 Å². The van der Waals surface area contributed by atoms with E-state index in [1.54, 1.807) is 19.3 Å². The van der Waals surface area contributed by atoms with Gasteiger partial charge in [-0.2, -0.15) is 0 Å². The predicted octanol–water partition coefficient (Wildman–Crippen LogP) is 3.80. The van der Waals surface area contributed by atoms with Gasteiger partial charge in [-0.15, -0.1) is 24.0 Å². The van der Waals surface area contributed by atoms with E-state index in [1.807, 2.05) is 13.0 Å². The summed E-state index contributed by atoms with van der Waals surface area (Å²) in [6.07, 6.45) is 2.65. The first-order chi connectivity index (χ1) is 12.2. The molecule has 0 fully saturated rings. The molecule has 0 saturated heterocycles. The zero-order valence-corrected chi connectivity index (χ0v) is 18.3. The summed E-state index contributed by atoms with van der Waals surface area (Å²) in [6, 6.07) is 12.2. The van der Waals surface area contributed by atoms with Crippen molar-refractivity contribution in [1.82, 2.24) is 15.6 Å². The topological polar surface area (TPSA) is 58.5 Å². The number of aliphatic imine (C=N–C) groups is 1. The molecule has 142 valence electrons. The van der Waals surface area contributed by atoms with Crippen molar-refractivity contribution < 1.29 is 4.74 Å². The molecule has 5 nitrogen and oxygen atoms in total. The summed E-state index contributed by atoms with van der Waals surface area (Å²) in [5.41, 5.74) is 3.52. The number of nitrogens with one attached hydrogen (secondary N) is 2. The van der Waals surface area contributed by atoms with Gasteiger partial charge in [-0.25, -0.2) is 4.98 Å². The van der Waals surface area contributed by atoms with Gasteiger partial charge in [0, 0.05) is 32.9 Å². The summed E-state index contributed by atoms with van der Waals surface area (Å²) in [4.78, 5) is 8.33. The number of hydrogen-bond acceptors (Lipinski definition) is 3. The van der Waals surface area contributed by atoms with Gasteiger partial charge in [-0.05, 0) is 36.1 Å². The molecule has 1 aromatic carbocycles. The maximum atomic E-state index is 5.79. The van der Waals surface area contributed by atoms with Gasteiger partial charge >= 0.3 is 0 Å². The molecule has 1 heterocycles. The minimum atomic E-state index is 0. The van der Waals surface area contributed by atoms with Crippen LogP contribution in [0.15, 0.2) is 47.6 Å². The number of nitrogens with zero attached hydrogens (tertiary/aromatic N) is 2. The summed E-state index contributed by atoms with van der Waals surface area (Å²) in [6.45, 7) is 4.89. The molecular formula is C19H26ClIN4O. The second-order valence-corrected chi connectivity index (χ2v) is 5.93. The van der Waals surface area contributed by atoms with Crippen LogP contribution in [0, 0.1) is 0 Å². The third-order valence-corrected chi connectivity index (χ3v) is 3.90. The highest BCUT2D eigenvalue weighted by molar-refractivity contribution is 14.0. The van der Waals surface area contributed by atoms with E-state index < -0.39 is 0 Å². The Labute approximate surface area is 177 Å². The fourth-order valence-corrected chi connectivity index (χ4v) is 2.37. The molecule has 0 aliphatic rings. The maximum Gasteiger partial charge on any atom is 0.191 e. The van der Waals surface area contributed by atoms with Gasteiger partial charge in [0.15, 0.2) is 5.96 Å². The molecule has 0 spiro atoms. The van der Waals surface area contributed by atoms with Crippen molar-refractivity contribution in [1.29, 1.82) is 0 Å². The molecule has 0 unspecified atom stereocenters. The third kappa shape index (κ3) is 8.33. The van der Waals surface area contributed by atoms with Gasteiger partial charge in [0.1, 0.15) is 5.15 Å². The molecule has 0 amide bonds. The summed E-state index contributed by atoms with van der Waals surface area (Å²) >= 11 is 5.79. The number of guanidine groups is 1. The largest absolute Gasteiger partial charge is 0.377 e. The number of rotatable bonds is 8. The first kappa shape index (κ1) is 22.7. The van der Waals surface area contributed by atoms with Gasteiger partial charge in [-0.1, -0.05) is 41.9 Å². The number of pyridine rings is 1. The Bertz CT molecular complexity index is 662. The van der Waals surface area contributed by atoms with Gasteiger partial charge in [-0.3, -0.25) is 4.99 Å². The average Bonchev–Trinajstić information content (AvgIpc) is 2.65. The summed E-state index contributed by atoms with van der Waals surface area (Å²) < 4.78 is 5.41. The predicted molar refractivity (Wildman–Crippen MR) is 118 cm³/mol. The molecule has 0 aliphatic carbocycles. The molecule has 7 heteroatoms. The van der Waals surface area contributed by atoms with Crippen molar-refractivity contribution in [2.75, 3.05) is 20.2 Å². The molecule has 0 radical (unpaired) electrons. The van der Waals surface area contributed by atoms with Crippen LogP contribution >= 0.6 is 35.6 Å². The molecule has 26 heavy (non-hydrogen) atoms. The summed E-state index contributed by atoms with van der Waals surface area (Å²) in [7, 11) is 1.77. The van der Waals surface area contributed by atoms with E-state index in [-0.39, 0.29) is 24.0 Å². The normalized spacial score (nSPS) is 11.0. The first-order valence-corrected chi connectivity index (χ1v) is 8.79. The van der Waals surface area contributed by atoms with E-state index in [0.29, 0.717) is 11.8 Å². The molecular weight excluding hydrogens is 463 g/mol. The number of benzene rings is 1. The molecule has 2 rings (SSSR count). The molecule has 2 aromatic rings.